The molecule has 0 fully saturated rings. The van der Waals surface area contributed by atoms with Crippen LogP contribution >= 0.6 is 11.6 Å². The molecule has 0 aliphatic rings. The van der Waals surface area contributed by atoms with Crippen molar-refractivity contribution >= 4 is 17.4 Å². The molecule has 0 saturated heterocycles. The molecule has 0 aliphatic heterocycles. The summed E-state index contributed by atoms with van der Waals surface area (Å²) >= 11 is 5.21. The summed E-state index contributed by atoms with van der Waals surface area (Å²) in [6, 6.07) is 0. The SMILES string of the molecule is C=C(C)CC(=O)CCl. The summed E-state index contributed by atoms with van der Waals surface area (Å²) in [6.45, 7) is 5.37. The van der Waals surface area contributed by atoms with Gasteiger partial charge in [0.2, 0.25) is 0 Å². The van der Waals surface area contributed by atoms with E-state index in [1.54, 1.807) is 0 Å². The highest BCUT2D eigenvalue weighted by molar-refractivity contribution is 6.27. The first-order valence-corrected chi connectivity index (χ1v) is 2.92. The zero-order valence-electron chi connectivity index (χ0n) is 4.91. The number of rotatable bonds is 3. The molecular formula is C6H9ClO. The van der Waals surface area contributed by atoms with Crippen LogP contribution in [0.25, 0.3) is 0 Å². The molecule has 0 aromatic carbocycles. The molecule has 0 saturated carbocycles. The van der Waals surface area contributed by atoms with Gasteiger partial charge in [0.05, 0.1) is 5.88 Å². The van der Waals surface area contributed by atoms with Crippen molar-refractivity contribution in [1.82, 2.24) is 0 Å². The Morgan fingerprint density at radius 2 is 2.25 bits per heavy atom. The zero-order chi connectivity index (χ0) is 6.57. The summed E-state index contributed by atoms with van der Waals surface area (Å²) in [5.41, 5.74) is 0.871. The van der Waals surface area contributed by atoms with Crippen LogP contribution in [0, 0.1) is 0 Å². The lowest BCUT2D eigenvalue weighted by Crippen LogP contribution is -1.97. The highest BCUT2D eigenvalue weighted by Gasteiger charge is 1.96. The van der Waals surface area contributed by atoms with Crippen LogP contribution in [0.3, 0.4) is 0 Å². The van der Waals surface area contributed by atoms with Crippen molar-refractivity contribution in [2.24, 2.45) is 0 Å². The van der Waals surface area contributed by atoms with Crippen LogP contribution in [0.5, 0.6) is 0 Å². The number of Topliss-reactive ketones (excluding diaryl/α,β-unsaturated/α-hetero) is 1. The van der Waals surface area contributed by atoms with E-state index < -0.39 is 0 Å². The number of alkyl halides is 1. The third kappa shape index (κ3) is 3.88. The first-order valence-electron chi connectivity index (χ1n) is 2.39. The Labute approximate surface area is 54.3 Å². The molecule has 8 heavy (non-hydrogen) atoms. The van der Waals surface area contributed by atoms with Gasteiger partial charge < -0.3 is 0 Å². The minimum absolute atomic E-state index is 0.0409. The van der Waals surface area contributed by atoms with Crippen molar-refractivity contribution in [2.75, 3.05) is 5.88 Å². The Morgan fingerprint density at radius 3 is 2.38 bits per heavy atom. The molecule has 0 atom stereocenters. The summed E-state index contributed by atoms with van der Waals surface area (Å²) in [6.07, 6.45) is 0.420. The quantitative estimate of drug-likeness (QED) is 0.423. The van der Waals surface area contributed by atoms with E-state index in [0.717, 1.165) is 5.57 Å². The average molecular weight is 133 g/mol. The molecular weight excluding hydrogens is 124 g/mol. The number of allylic oxidation sites excluding steroid dienone is 1. The monoisotopic (exact) mass is 132 g/mol. The maximum atomic E-state index is 10.4. The fourth-order valence-electron chi connectivity index (χ4n) is 0.384. The smallest absolute Gasteiger partial charge is 0.151 e. The largest absolute Gasteiger partial charge is 0.298 e. The van der Waals surface area contributed by atoms with Crippen molar-refractivity contribution in [3.63, 3.8) is 0 Å². The predicted molar refractivity (Wildman–Crippen MR) is 35.2 cm³/mol. The molecule has 0 aromatic heterocycles. The Hall–Kier alpha value is -0.300. The molecule has 0 bridgehead atoms. The lowest BCUT2D eigenvalue weighted by molar-refractivity contribution is -0.116. The molecule has 1 nitrogen and oxygen atoms in total. The molecule has 0 aliphatic carbocycles. The molecule has 0 rings (SSSR count). The van der Waals surface area contributed by atoms with Crippen LogP contribution in [0.15, 0.2) is 12.2 Å². The predicted octanol–water partition coefficient (Wildman–Crippen LogP) is 1.76. The standard InChI is InChI=1S/C6H9ClO/c1-5(2)3-6(8)4-7/h1,3-4H2,2H3. The van der Waals surface area contributed by atoms with Crippen LogP contribution in [-0.2, 0) is 4.79 Å². The van der Waals surface area contributed by atoms with Crippen molar-refractivity contribution in [1.29, 1.82) is 0 Å². The van der Waals surface area contributed by atoms with Gasteiger partial charge in [0.25, 0.3) is 0 Å². The summed E-state index contributed by atoms with van der Waals surface area (Å²) in [4.78, 5) is 10.4. The maximum Gasteiger partial charge on any atom is 0.151 e. The van der Waals surface area contributed by atoms with E-state index in [4.69, 9.17) is 11.6 Å². The minimum atomic E-state index is 0.0409. The normalized spacial score (nSPS) is 8.75. The van der Waals surface area contributed by atoms with Gasteiger partial charge in [-0.3, -0.25) is 4.79 Å². The average Bonchev–Trinajstić information content (AvgIpc) is 1.65. The van der Waals surface area contributed by atoms with Crippen LogP contribution < -0.4 is 0 Å². The minimum Gasteiger partial charge on any atom is -0.298 e. The van der Waals surface area contributed by atoms with Gasteiger partial charge in [0.15, 0.2) is 5.78 Å². The van der Waals surface area contributed by atoms with Gasteiger partial charge in [0, 0.05) is 6.42 Å². The van der Waals surface area contributed by atoms with E-state index >= 15 is 0 Å². The highest BCUT2D eigenvalue weighted by atomic mass is 35.5. The van der Waals surface area contributed by atoms with E-state index in [9.17, 15) is 4.79 Å². The Bertz CT molecular complexity index is 107. The molecule has 0 spiro atoms. The number of hydrogen-bond acceptors (Lipinski definition) is 1. The van der Waals surface area contributed by atoms with Crippen molar-refractivity contribution < 1.29 is 4.79 Å². The first-order chi connectivity index (χ1) is 3.66. The van der Waals surface area contributed by atoms with Crippen LogP contribution in [-0.4, -0.2) is 11.7 Å². The van der Waals surface area contributed by atoms with E-state index in [0.29, 0.717) is 6.42 Å². The molecule has 0 heterocycles. The number of carbonyl (C=O) groups excluding carboxylic acids is 1. The third-order valence-corrected chi connectivity index (χ3v) is 0.946. The van der Waals surface area contributed by atoms with Gasteiger partial charge in [-0.1, -0.05) is 12.2 Å². The summed E-state index contributed by atoms with van der Waals surface area (Å²) in [7, 11) is 0. The topological polar surface area (TPSA) is 17.1 Å². The number of ketones is 1. The van der Waals surface area contributed by atoms with Crippen LogP contribution in [0.1, 0.15) is 13.3 Å². The second-order valence-corrected chi connectivity index (χ2v) is 2.07. The van der Waals surface area contributed by atoms with Crippen molar-refractivity contribution in [3.05, 3.63) is 12.2 Å². The van der Waals surface area contributed by atoms with Gasteiger partial charge >= 0.3 is 0 Å². The number of hydrogen-bond donors (Lipinski definition) is 0. The highest BCUT2D eigenvalue weighted by Crippen LogP contribution is 1.96. The molecule has 2 heteroatoms. The lowest BCUT2D eigenvalue weighted by atomic mass is 10.2. The number of halogens is 1. The van der Waals surface area contributed by atoms with E-state index in [1.165, 1.54) is 0 Å². The molecule has 0 aromatic rings. The Morgan fingerprint density at radius 1 is 1.75 bits per heavy atom. The summed E-state index contributed by atoms with van der Waals surface area (Å²) < 4.78 is 0. The molecule has 0 amide bonds. The second kappa shape index (κ2) is 3.67. The second-order valence-electron chi connectivity index (χ2n) is 1.81. The van der Waals surface area contributed by atoms with Gasteiger partial charge in [-0.2, -0.15) is 0 Å². The number of carbonyl (C=O) groups is 1. The van der Waals surface area contributed by atoms with Crippen molar-refractivity contribution in [3.8, 4) is 0 Å². The summed E-state index contributed by atoms with van der Waals surface area (Å²) in [5, 5.41) is 0. The molecule has 0 unspecified atom stereocenters. The Kier molecular flexibility index (Phi) is 3.53. The van der Waals surface area contributed by atoms with Gasteiger partial charge in [-0.25, -0.2) is 0 Å². The van der Waals surface area contributed by atoms with Crippen LogP contribution in [0.2, 0.25) is 0 Å². The molecule has 0 N–H and O–H groups in total. The van der Waals surface area contributed by atoms with Gasteiger partial charge in [0.1, 0.15) is 0 Å². The van der Waals surface area contributed by atoms with E-state index in [-0.39, 0.29) is 11.7 Å². The fourth-order valence-corrected chi connectivity index (χ4v) is 0.478. The summed E-state index contributed by atoms with van der Waals surface area (Å²) in [5.74, 6) is 0.145. The van der Waals surface area contributed by atoms with Crippen molar-refractivity contribution in [2.45, 2.75) is 13.3 Å². The lowest BCUT2D eigenvalue weighted by Gasteiger charge is -1.91. The molecule has 0 radical (unpaired) electrons. The van der Waals surface area contributed by atoms with E-state index in [2.05, 4.69) is 6.58 Å². The first kappa shape index (κ1) is 7.70. The van der Waals surface area contributed by atoms with Gasteiger partial charge in [-0.05, 0) is 6.92 Å². The van der Waals surface area contributed by atoms with E-state index in [1.807, 2.05) is 6.92 Å². The molecule has 46 valence electrons. The fraction of sp³-hybridized carbons (Fsp3) is 0.500. The van der Waals surface area contributed by atoms with Crippen LogP contribution in [0.4, 0.5) is 0 Å². The van der Waals surface area contributed by atoms with Gasteiger partial charge in [-0.15, -0.1) is 11.6 Å². The Balaban J connectivity index is 3.40. The maximum absolute atomic E-state index is 10.4. The third-order valence-electron chi connectivity index (χ3n) is 0.648. The zero-order valence-corrected chi connectivity index (χ0v) is 5.66.